The van der Waals surface area contributed by atoms with Crippen molar-refractivity contribution in [1.82, 2.24) is 20.9 Å². The number of para-hydroxylation sites is 1. The van der Waals surface area contributed by atoms with Crippen LogP contribution in [-0.2, 0) is 25.6 Å². The van der Waals surface area contributed by atoms with Crippen LogP contribution in [0.3, 0.4) is 0 Å². The van der Waals surface area contributed by atoms with Crippen LogP contribution in [0, 0.1) is 0 Å². The van der Waals surface area contributed by atoms with Crippen molar-refractivity contribution >= 4 is 58.1 Å². The Kier molecular flexibility index (Phi) is 11.9. The van der Waals surface area contributed by atoms with E-state index in [0.717, 1.165) is 16.5 Å². The minimum atomic E-state index is -1.19. The van der Waals surface area contributed by atoms with Crippen LogP contribution in [0.2, 0.25) is 0 Å². The molecule has 0 aliphatic heterocycles. The quantitative estimate of drug-likeness (QED) is 0.199. The third-order valence-electron chi connectivity index (χ3n) is 5.36. The second-order valence-corrected chi connectivity index (χ2v) is 9.94. The van der Waals surface area contributed by atoms with E-state index in [4.69, 9.17) is 10.8 Å². The SMILES string of the molecule is CSCCC(N)C(=O)NC(CCSC)C(=O)NC(Cc1c[nH]c2ccccc12)C(=O)NCC(=O)O. The van der Waals surface area contributed by atoms with E-state index in [1.807, 2.05) is 36.8 Å². The number of nitrogens with one attached hydrogen (secondary N) is 4. The number of hydrogen-bond acceptors (Lipinski definition) is 7. The van der Waals surface area contributed by atoms with Gasteiger partial charge in [0, 0.05) is 23.5 Å². The van der Waals surface area contributed by atoms with E-state index in [1.165, 1.54) is 11.8 Å². The number of H-pyrrole nitrogens is 1. The van der Waals surface area contributed by atoms with Gasteiger partial charge in [-0.25, -0.2) is 0 Å². The molecule has 0 saturated carbocycles. The first-order chi connectivity index (χ1) is 16.8. The number of carboxylic acids is 1. The minimum absolute atomic E-state index is 0.137. The highest BCUT2D eigenvalue weighted by Gasteiger charge is 2.28. The second kappa shape index (κ2) is 14.6. The van der Waals surface area contributed by atoms with Crippen LogP contribution in [0.15, 0.2) is 30.5 Å². The Morgan fingerprint density at radius 1 is 0.971 bits per heavy atom. The van der Waals surface area contributed by atoms with Gasteiger partial charge in [0.05, 0.1) is 6.04 Å². The molecule has 0 bridgehead atoms. The Balaban J connectivity index is 2.19. The van der Waals surface area contributed by atoms with Crippen molar-refractivity contribution in [3.8, 4) is 0 Å². The van der Waals surface area contributed by atoms with E-state index in [0.29, 0.717) is 24.3 Å². The molecule has 35 heavy (non-hydrogen) atoms. The van der Waals surface area contributed by atoms with Gasteiger partial charge in [0.2, 0.25) is 17.7 Å². The normalized spacial score (nSPS) is 13.6. The van der Waals surface area contributed by atoms with Gasteiger partial charge >= 0.3 is 5.97 Å². The van der Waals surface area contributed by atoms with Crippen LogP contribution < -0.4 is 21.7 Å². The van der Waals surface area contributed by atoms with Gasteiger partial charge in [0.25, 0.3) is 0 Å². The summed E-state index contributed by atoms with van der Waals surface area (Å²) in [5, 5.41) is 17.6. The molecular weight excluding hydrogens is 490 g/mol. The topological polar surface area (TPSA) is 166 Å². The molecule has 2 aromatic rings. The number of carboxylic acid groups (broad SMARTS) is 1. The highest BCUT2D eigenvalue weighted by molar-refractivity contribution is 7.98. The number of rotatable bonds is 15. The van der Waals surface area contributed by atoms with Crippen LogP contribution in [0.5, 0.6) is 0 Å². The van der Waals surface area contributed by atoms with Crippen LogP contribution >= 0.6 is 23.5 Å². The second-order valence-electron chi connectivity index (χ2n) is 7.97. The maximum absolute atomic E-state index is 13.2. The van der Waals surface area contributed by atoms with Gasteiger partial charge in [-0.15, -0.1) is 0 Å². The van der Waals surface area contributed by atoms with Crippen molar-refractivity contribution in [3.05, 3.63) is 36.0 Å². The predicted molar refractivity (Wildman–Crippen MR) is 140 cm³/mol. The zero-order valence-electron chi connectivity index (χ0n) is 19.8. The average Bonchev–Trinajstić information content (AvgIpc) is 3.25. The maximum atomic E-state index is 13.2. The summed E-state index contributed by atoms with van der Waals surface area (Å²) in [6.07, 6.45) is 6.53. The van der Waals surface area contributed by atoms with E-state index in [-0.39, 0.29) is 6.42 Å². The molecule has 1 heterocycles. The Labute approximate surface area is 212 Å². The molecule has 3 unspecified atom stereocenters. The third-order valence-corrected chi connectivity index (χ3v) is 6.65. The summed E-state index contributed by atoms with van der Waals surface area (Å²) in [6.45, 7) is -0.573. The Morgan fingerprint density at radius 2 is 1.63 bits per heavy atom. The number of amides is 3. The molecule has 0 fully saturated rings. The van der Waals surface area contributed by atoms with Crippen molar-refractivity contribution in [2.24, 2.45) is 5.73 Å². The van der Waals surface area contributed by atoms with Crippen LogP contribution in [0.1, 0.15) is 18.4 Å². The molecule has 10 nitrogen and oxygen atoms in total. The van der Waals surface area contributed by atoms with E-state index < -0.39 is 48.4 Å². The Hall–Kier alpha value is -2.70. The van der Waals surface area contributed by atoms with Crippen LogP contribution in [-0.4, -0.2) is 82.5 Å². The number of nitrogens with two attached hydrogens (primary N) is 1. The smallest absolute Gasteiger partial charge is 0.322 e. The first kappa shape index (κ1) is 28.5. The number of benzene rings is 1. The summed E-state index contributed by atoms with van der Waals surface area (Å²) in [5.74, 6) is -1.45. The molecule has 3 atom stereocenters. The largest absolute Gasteiger partial charge is 0.480 e. The van der Waals surface area contributed by atoms with Crippen molar-refractivity contribution in [1.29, 1.82) is 0 Å². The zero-order chi connectivity index (χ0) is 25.8. The first-order valence-corrected chi connectivity index (χ1v) is 13.9. The molecule has 1 aromatic heterocycles. The zero-order valence-corrected chi connectivity index (χ0v) is 21.5. The molecule has 1 aromatic carbocycles. The lowest BCUT2D eigenvalue weighted by Crippen LogP contribution is -2.56. The lowest BCUT2D eigenvalue weighted by atomic mass is 10.0. The molecule has 2 rings (SSSR count). The fourth-order valence-corrected chi connectivity index (χ4v) is 4.41. The monoisotopic (exact) mass is 523 g/mol. The van der Waals surface area contributed by atoms with E-state index >= 15 is 0 Å². The fourth-order valence-electron chi connectivity index (χ4n) is 3.45. The van der Waals surface area contributed by atoms with Crippen molar-refractivity contribution in [2.45, 2.75) is 37.4 Å². The van der Waals surface area contributed by atoms with Gasteiger partial charge in [0.15, 0.2) is 0 Å². The number of aromatic amines is 1. The number of carbonyl (C=O) groups is 4. The molecule has 0 saturated heterocycles. The molecule has 0 aliphatic rings. The number of thioether (sulfide) groups is 2. The predicted octanol–water partition coefficient (Wildman–Crippen LogP) is 0.714. The molecular formula is C23H33N5O5S2. The lowest BCUT2D eigenvalue weighted by molar-refractivity contribution is -0.138. The maximum Gasteiger partial charge on any atom is 0.322 e. The number of aromatic nitrogens is 1. The summed E-state index contributed by atoms with van der Waals surface area (Å²) in [5.41, 5.74) is 7.62. The Bertz CT molecular complexity index is 1020. The average molecular weight is 524 g/mol. The van der Waals surface area contributed by atoms with Crippen molar-refractivity contribution in [3.63, 3.8) is 0 Å². The van der Waals surface area contributed by atoms with Gasteiger partial charge in [-0.1, -0.05) is 18.2 Å². The molecule has 0 spiro atoms. The number of aliphatic carboxylic acids is 1. The minimum Gasteiger partial charge on any atom is -0.480 e. The first-order valence-electron chi connectivity index (χ1n) is 11.2. The number of fused-ring (bicyclic) bond motifs is 1. The van der Waals surface area contributed by atoms with Crippen molar-refractivity contribution < 1.29 is 24.3 Å². The summed E-state index contributed by atoms with van der Waals surface area (Å²) < 4.78 is 0. The van der Waals surface area contributed by atoms with Crippen LogP contribution in [0.25, 0.3) is 10.9 Å². The number of hydrogen-bond donors (Lipinski definition) is 6. The molecule has 0 aliphatic carbocycles. The summed E-state index contributed by atoms with van der Waals surface area (Å²) in [7, 11) is 0. The number of carbonyl (C=O) groups excluding carboxylic acids is 3. The van der Waals surface area contributed by atoms with Gasteiger partial charge in [-0.3, -0.25) is 19.2 Å². The van der Waals surface area contributed by atoms with E-state index in [9.17, 15) is 19.2 Å². The standard InChI is InChI=1S/C23H33N5O5S2/c1-34-9-7-16(24)21(31)27-18(8-10-35-2)23(33)28-19(22(32)26-13-20(29)30)11-14-12-25-17-6-4-3-5-15(14)17/h3-6,12,16,18-19,25H,7-11,13,24H2,1-2H3,(H,26,32)(H,27,31)(H,28,33)(H,29,30). The summed E-state index contributed by atoms with van der Waals surface area (Å²) in [6, 6.07) is 4.87. The molecule has 0 radical (unpaired) electrons. The third kappa shape index (κ3) is 9.11. The van der Waals surface area contributed by atoms with Gasteiger partial charge in [-0.2, -0.15) is 23.5 Å². The van der Waals surface area contributed by atoms with Crippen LogP contribution in [0.4, 0.5) is 0 Å². The molecule has 7 N–H and O–H groups in total. The van der Waals surface area contributed by atoms with E-state index in [1.54, 1.807) is 18.0 Å². The Morgan fingerprint density at radius 3 is 2.31 bits per heavy atom. The molecule has 3 amide bonds. The van der Waals surface area contributed by atoms with Gasteiger partial charge in [0.1, 0.15) is 18.6 Å². The lowest BCUT2D eigenvalue weighted by Gasteiger charge is -2.24. The molecule has 12 heteroatoms. The summed E-state index contributed by atoms with van der Waals surface area (Å²) in [4.78, 5) is 52.6. The highest BCUT2D eigenvalue weighted by Crippen LogP contribution is 2.19. The van der Waals surface area contributed by atoms with Gasteiger partial charge < -0.3 is 31.8 Å². The fraction of sp³-hybridized carbons (Fsp3) is 0.478. The highest BCUT2D eigenvalue weighted by atomic mass is 32.2. The molecule has 192 valence electrons. The van der Waals surface area contributed by atoms with Gasteiger partial charge in [-0.05, 0) is 48.5 Å². The van der Waals surface area contributed by atoms with Crippen molar-refractivity contribution in [2.75, 3.05) is 30.6 Å². The summed E-state index contributed by atoms with van der Waals surface area (Å²) >= 11 is 3.10. The van der Waals surface area contributed by atoms with E-state index in [2.05, 4.69) is 20.9 Å².